The summed E-state index contributed by atoms with van der Waals surface area (Å²) in [5, 5.41) is 4.36. The van der Waals surface area contributed by atoms with Gasteiger partial charge >= 0.3 is 12.1 Å². The lowest BCUT2D eigenvalue weighted by Crippen LogP contribution is -2.29. The fourth-order valence-corrected chi connectivity index (χ4v) is 3.11. The highest BCUT2D eigenvalue weighted by atomic mass is 19.4. The van der Waals surface area contributed by atoms with E-state index >= 15 is 0 Å². The summed E-state index contributed by atoms with van der Waals surface area (Å²) in [5.74, 6) is -2.19. The third-order valence-electron chi connectivity index (χ3n) is 4.54. The fraction of sp³-hybridized carbons (Fsp3) is 0.211. The van der Waals surface area contributed by atoms with Gasteiger partial charge in [0.1, 0.15) is 24.2 Å². The highest BCUT2D eigenvalue weighted by molar-refractivity contribution is 6.08. The molecule has 1 aliphatic rings. The van der Waals surface area contributed by atoms with E-state index in [9.17, 15) is 27.6 Å². The zero-order chi connectivity index (χ0) is 22.2. The summed E-state index contributed by atoms with van der Waals surface area (Å²) in [6, 6.07) is 5.21. The molecule has 0 atom stereocenters. The number of fused-ring (bicyclic) bond motifs is 2. The summed E-state index contributed by atoms with van der Waals surface area (Å²) in [7, 11) is 0. The second-order valence-electron chi connectivity index (χ2n) is 6.73. The number of aromatic nitrogens is 3. The lowest BCUT2D eigenvalue weighted by molar-refractivity contribution is -0.167. The monoisotopic (exact) mass is 433 g/mol. The van der Waals surface area contributed by atoms with Crippen LogP contribution in [-0.2, 0) is 22.6 Å². The molecule has 3 N–H and O–H groups in total. The molecule has 2 amide bonds. The number of ketones is 1. The van der Waals surface area contributed by atoms with Crippen molar-refractivity contribution in [3.05, 3.63) is 47.5 Å². The van der Waals surface area contributed by atoms with Crippen molar-refractivity contribution in [2.75, 3.05) is 11.9 Å². The van der Waals surface area contributed by atoms with Crippen LogP contribution in [0.15, 0.2) is 30.7 Å². The maximum atomic E-state index is 12.6. The number of amides is 2. The van der Waals surface area contributed by atoms with E-state index in [2.05, 4.69) is 20.3 Å². The van der Waals surface area contributed by atoms with Crippen molar-refractivity contribution in [3.63, 3.8) is 0 Å². The first-order chi connectivity index (χ1) is 14.7. The van der Waals surface area contributed by atoms with Crippen LogP contribution in [0.3, 0.4) is 0 Å². The normalized spacial score (nSPS) is 13.5. The molecule has 3 heterocycles. The van der Waals surface area contributed by atoms with Gasteiger partial charge in [-0.25, -0.2) is 9.97 Å². The molecule has 9 nitrogen and oxygen atoms in total. The third kappa shape index (κ3) is 4.17. The molecule has 1 aromatic carbocycles. The number of carbonyl (C=O) groups is 3. The molecular formula is C19H14F3N5O4. The van der Waals surface area contributed by atoms with E-state index in [0.717, 1.165) is 23.7 Å². The molecule has 0 fully saturated rings. The molecule has 4 rings (SSSR count). The Morgan fingerprint density at radius 3 is 2.81 bits per heavy atom. The second kappa shape index (κ2) is 7.70. The maximum Gasteiger partial charge on any atom is 0.471 e. The fourth-order valence-electron chi connectivity index (χ4n) is 3.11. The smallest absolute Gasteiger partial charge is 0.471 e. The van der Waals surface area contributed by atoms with Crippen LogP contribution >= 0.6 is 0 Å². The average molecular weight is 433 g/mol. The van der Waals surface area contributed by atoms with Crippen molar-refractivity contribution in [2.45, 2.75) is 19.1 Å². The van der Waals surface area contributed by atoms with Crippen molar-refractivity contribution in [3.8, 4) is 5.75 Å². The minimum absolute atomic E-state index is 0.0361. The van der Waals surface area contributed by atoms with Crippen molar-refractivity contribution >= 4 is 34.3 Å². The number of nitrogens with zero attached hydrogens (tertiary/aromatic N) is 2. The van der Waals surface area contributed by atoms with E-state index in [-0.39, 0.29) is 47.8 Å². The van der Waals surface area contributed by atoms with Gasteiger partial charge in [0.2, 0.25) is 0 Å². The molecule has 31 heavy (non-hydrogen) atoms. The molecule has 0 saturated carbocycles. The molecule has 0 bridgehead atoms. The Labute approximate surface area is 172 Å². The van der Waals surface area contributed by atoms with Gasteiger partial charge < -0.3 is 20.4 Å². The van der Waals surface area contributed by atoms with Crippen LogP contribution in [0.25, 0.3) is 11.0 Å². The number of carbonyl (C=O) groups excluding carboxylic acids is 3. The Bertz CT molecular complexity index is 1200. The molecule has 0 aliphatic carbocycles. The average Bonchev–Trinajstić information content (AvgIpc) is 3.14. The number of nitrogens with one attached hydrogen (secondary N) is 3. The van der Waals surface area contributed by atoms with E-state index in [4.69, 9.17) is 4.74 Å². The van der Waals surface area contributed by atoms with Crippen molar-refractivity contribution in [1.29, 1.82) is 0 Å². The van der Waals surface area contributed by atoms with Gasteiger partial charge in [-0.3, -0.25) is 14.4 Å². The van der Waals surface area contributed by atoms with Crippen LogP contribution in [-0.4, -0.2) is 45.3 Å². The molecule has 160 valence electrons. The minimum Gasteiger partial charge on any atom is -0.486 e. The SMILES string of the molecule is O=C1COc2ccc(CNC(=O)c3ncnc4c(NC(=O)C(F)(F)F)c[nH]c34)cc2C1. The molecule has 0 saturated heterocycles. The number of hydrogen-bond acceptors (Lipinski definition) is 6. The predicted molar refractivity (Wildman–Crippen MR) is 100 cm³/mol. The zero-order valence-corrected chi connectivity index (χ0v) is 15.7. The first-order valence-corrected chi connectivity index (χ1v) is 8.97. The van der Waals surface area contributed by atoms with Crippen molar-refractivity contribution in [2.24, 2.45) is 0 Å². The van der Waals surface area contributed by atoms with Crippen molar-refractivity contribution in [1.82, 2.24) is 20.3 Å². The van der Waals surface area contributed by atoms with E-state index in [1.54, 1.807) is 23.5 Å². The largest absolute Gasteiger partial charge is 0.486 e. The molecule has 0 unspecified atom stereocenters. The molecule has 1 aliphatic heterocycles. The lowest BCUT2D eigenvalue weighted by Gasteiger charge is -2.17. The van der Waals surface area contributed by atoms with Gasteiger partial charge in [0.15, 0.2) is 11.5 Å². The Morgan fingerprint density at radius 2 is 2.03 bits per heavy atom. The third-order valence-corrected chi connectivity index (χ3v) is 4.54. The van der Waals surface area contributed by atoms with Gasteiger partial charge in [0.05, 0.1) is 11.2 Å². The molecule has 3 aromatic rings. The Hall–Kier alpha value is -3.96. The first kappa shape index (κ1) is 20.3. The predicted octanol–water partition coefficient (Wildman–Crippen LogP) is 1.89. The lowest BCUT2D eigenvalue weighted by atomic mass is 10.0. The van der Waals surface area contributed by atoms with Crippen LogP contribution in [0.4, 0.5) is 18.9 Å². The highest BCUT2D eigenvalue weighted by Gasteiger charge is 2.39. The number of hydrogen-bond donors (Lipinski definition) is 3. The molecular weight excluding hydrogens is 419 g/mol. The number of benzene rings is 1. The van der Waals surface area contributed by atoms with Gasteiger partial charge in [-0.2, -0.15) is 13.2 Å². The number of alkyl halides is 3. The van der Waals surface area contributed by atoms with Gasteiger partial charge in [0.25, 0.3) is 5.91 Å². The number of aromatic amines is 1. The standard InChI is InChI=1S/C19H14F3N5O4/c20-19(21,22)18(30)27-12-6-23-15-14(12)25-8-26-16(15)17(29)24-5-9-1-2-13-10(3-9)4-11(28)7-31-13/h1-3,6,8,23H,4-5,7H2,(H,24,29)(H,27,30). The summed E-state index contributed by atoms with van der Waals surface area (Å²) in [6.45, 7) is 0.151. The van der Waals surface area contributed by atoms with Crippen LogP contribution in [0.2, 0.25) is 0 Å². The number of anilines is 1. The summed E-state index contributed by atoms with van der Waals surface area (Å²) in [5.41, 5.74) is 1.15. The Kier molecular flexibility index (Phi) is 5.05. The van der Waals surface area contributed by atoms with E-state index < -0.39 is 18.0 Å². The number of halogens is 3. The highest BCUT2D eigenvalue weighted by Crippen LogP contribution is 2.26. The second-order valence-corrected chi connectivity index (χ2v) is 6.73. The first-order valence-electron chi connectivity index (χ1n) is 8.97. The summed E-state index contributed by atoms with van der Waals surface area (Å²) >= 11 is 0. The maximum absolute atomic E-state index is 12.6. The molecule has 2 aromatic heterocycles. The quantitative estimate of drug-likeness (QED) is 0.577. The summed E-state index contributed by atoms with van der Waals surface area (Å²) in [6.07, 6.45) is -2.71. The van der Waals surface area contributed by atoms with Gasteiger partial charge in [-0.15, -0.1) is 0 Å². The van der Waals surface area contributed by atoms with E-state index in [1.165, 1.54) is 0 Å². The number of Topliss-reactive ketones (excluding diaryl/α,β-unsaturated/α-hetero) is 1. The van der Waals surface area contributed by atoms with Crippen LogP contribution < -0.4 is 15.4 Å². The van der Waals surface area contributed by atoms with Gasteiger partial charge in [-0.05, 0) is 17.7 Å². The van der Waals surface area contributed by atoms with Crippen LogP contribution in [0.1, 0.15) is 21.6 Å². The molecule has 0 radical (unpaired) electrons. The Balaban J connectivity index is 1.50. The minimum atomic E-state index is -5.07. The topological polar surface area (TPSA) is 126 Å². The number of H-pyrrole nitrogens is 1. The van der Waals surface area contributed by atoms with E-state index in [1.807, 2.05) is 0 Å². The number of ether oxygens (including phenoxy) is 1. The molecule has 0 spiro atoms. The number of rotatable bonds is 4. The van der Waals surface area contributed by atoms with Gasteiger partial charge in [0, 0.05) is 24.7 Å². The zero-order valence-electron chi connectivity index (χ0n) is 15.7. The van der Waals surface area contributed by atoms with E-state index in [0.29, 0.717) is 5.75 Å². The Morgan fingerprint density at radius 1 is 1.23 bits per heavy atom. The summed E-state index contributed by atoms with van der Waals surface area (Å²) < 4.78 is 42.8. The van der Waals surface area contributed by atoms with Gasteiger partial charge in [-0.1, -0.05) is 6.07 Å². The summed E-state index contributed by atoms with van der Waals surface area (Å²) in [4.78, 5) is 45.7. The van der Waals surface area contributed by atoms with Crippen molar-refractivity contribution < 1.29 is 32.3 Å². The molecule has 12 heteroatoms. The van der Waals surface area contributed by atoms with Crippen LogP contribution in [0, 0.1) is 0 Å². The van der Waals surface area contributed by atoms with Crippen LogP contribution in [0.5, 0.6) is 5.75 Å².